The van der Waals surface area contributed by atoms with Crippen LogP contribution in [0.1, 0.15) is 12.5 Å². The van der Waals surface area contributed by atoms with Crippen LogP contribution in [0, 0.1) is 5.82 Å². The van der Waals surface area contributed by atoms with E-state index >= 15 is 0 Å². The highest BCUT2D eigenvalue weighted by Gasteiger charge is 2.08. The van der Waals surface area contributed by atoms with Gasteiger partial charge in [0.25, 0.3) is 0 Å². The van der Waals surface area contributed by atoms with E-state index in [0.717, 1.165) is 17.8 Å². The third-order valence-electron chi connectivity index (χ3n) is 2.60. The Labute approximate surface area is 105 Å². The molecule has 1 heterocycles. The van der Waals surface area contributed by atoms with E-state index in [1.165, 1.54) is 12.4 Å². The Balaban J connectivity index is 2.17. The van der Waals surface area contributed by atoms with Gasteiger partial charge in [-0.2, -0.15) is 0 Å². The maximum Gasteiger partial charge on any atom is 0.225 e. The fourth-order valence-corrected chi connectivity index (χ4v) is 1.70. The number of aromatic nitrogens is 2. The highest BCUT2D eigenvalue weighted by molar-refractivity contribution is 5.42. The van der Waals surface area contributed by atoms with Crippen molar-refractivity contribution >= 4 is 11.6 Å². The van der Waals surface area contributed by atoms with Gasteiger partial charge in [0.05, 0.1) is 12.4 Å². The van der Waals surface area contributed by atoms with Crippen molar-refractivity contribution in [1.82, 2.24) is 9.97 Å². The molecule has 0 atom stereocenters. The van der Waals surface area contributed by atoms with E-state index in [9.17, 15) is 4.39 Å². The van der Waals surface area contributed by atoms with Gasteiger partial charge in [-0.1, -0.05) is 12.1 Å². The number of hydrogen-bond donors (Lipinski definition) is 1. The molecule has 0 saturated carbocycles. The van der Waals surface area contributed by atoms with Gasteiger partial charge in [-0.05, 0) is 24.6 Å². The fraction of sp³-hybridized carbons (Fsp3) is 0.231. The van der Waals surface area contributed by atoms with Crippen LogP contribution in [0.4, 0.5) is 16.0 Å². The molecule has 0 bridgehead atoms. The second-order valence-electron chi connectivity index (χ2n) is 3.96. The average Bonchev–Trinajstić information content (AvgIpc) is 2.37. The maximum absolute atomic E-state index is 12.8. The minimum atomic E-state index is -0.432. The summed E-state index contributed by atoms with van der Waals surface area (Å²) in [6.45, 7) is 3.38. The number of benzene rings is 1. The monoisotopic (exact) mass is 246 g/mol. The van der Waals surface area contributed by atoms with Crippen molar-refractivity contribution in [3.63, 3.8) is 0 Å². The Bertz CT molecular complexity index is 513. The van der Waals surface area contributed by atoms with Crippen molar-refractivity contribution in [2.24, 2.45) is 0 Å². The van der Waals surface area contributed by atoms with E-state index in [2.05, 4.69) is 9.97 Å². The molecule has 2 N–H and O–H groups in total. The molecule has 1 aromatic heterocycles. The largest absolute Gasteiger partial charge is 0.399 e. The fourth-order valence-electron chi connectivity index (χ4n) is 1.70. The topological polar surface area (TPSA) is 55.0 Å². The van der Waals surface area contributed by atoms with Crippen LogP contribution < -0.4 is 10.6 Å². The van der Waals surface area contributed by atoms with Crippen molar-refractivity contribution in [3.05, 3.63) is 48.0 Å². The molecule has 0 saturated heterocycles. The van der Waals surface area contributed by atoms with E-state index in [0.29, 0.717) is 12.5 Å². The molecule has 0 aliphatic heterocycles. The highest BCUT2D eigenvalue weighted by atomic mass is 19.1. The van der Waals surface area contributed by atoms with Crippen LogP contribution in [0.2, 0.25) is 0 Å². The zero-order chi connectivity index (χ0) is 13.0. The lowest BCUT2D eigenvalue weighted by Gasteiger charge is -2.20. The summed E-state index contributed by atoms with van der Waals surface area (Å²) >= 11 is 0. The van der Waals surface area contributed by atoms with Gasteiger partial charge >= 0.3 is 0 Å². The van der Waals surface area contributed by atoms with Crippen molar-refractivity contribution in [2.75, 3.05) is 17.2 Å². The predicted molar refractivity (Wildman–Crippen MR) is 69.6 cm³/mol. The zero-order valence-corrected chi connectivity index (χ0v) is 10.2. The Morgan fingerprint density at radius 2 is 2.00 bits per heavy atom. The molecule has 5 heteroatoms. The second kappa shape index (κ2) is 5.44. The summed E-state index contributed by atoms with van der Waals surface area (Å²) in [6, 6.07) is 7.65. The van der Waals surface area contributed by atoms with Gasteiger partial charge in [-0.15, -0.1) is 0 Å². The Kier molecular flexibility index (Phi) is 3.72. The van der Waals surface area contributed by atoms with Crippen LogP contribution in [-0.4, -0.2) is 16.5 Å². The molecule has 0 amide bonds. The second-order valence-corrected chi connectivity index (χ2v) is 3.96. The van der Waals surface area contributed by atoms with Gasteiger partial charge in [-0.25, -0.2) is 14.4 Å². The molecule has 0 fully saturated rings. The molecule has 0 radical (unpaired) electrons. The summed E-state index contributed by atoms with van der Waals surface area (Å²) in [5.74, 6) is 0.0834. The van der Waals surface area contributed by atoms with Crippen LogP contribution >= 0.6 is 0 Å². The minimum Gasteiger partial charge on any atom is -0.399 e. The molecule has 0 aliphatic carbocycles. The number of rotatable bonds is 4. The molecular weight excluding hydrogens is 231 g/mol. The number of halogens is 1. The van der Waals surface area contributed by atoms with Crippen molar-refractivity contribution in [1.29, 1.82) is 0 Å². The lowest BCUT2D eigenvalue weighted by atomic mass is 10.2. The van der Waals surface area contributed by atoms with Gasteiger partial charge < -0.3 is 10.6 Å². The minimum absolute atomic E-state index is 0.432. The van der Waals surface area contributed by atoms with Crippen molar-refractivity contribution in [3.8, 4) is 0 Å². The quantitative estimate of drug-likeness (QED) is 0.840. The van der Waals surface area contributed by atoms with Gasteiger partial charge in [0.2, 0.25) is 5.95 Å². The Morgan fingerprint density at radius 1 is 1.28 bits per heavy atom. The molecule has 2 rings (SSSR count). The molecule has 4 nitrogen and oxygen atoms in total. The molecule has 18 heavy (non-hydrogen) atoms. The van der Waals surface area contributed by atoms with E-state index in [1.807, 2.05) is 36.1 Å². The smallest absolute Gasteiger partial charge is 0.225 e. The summed E-state index contributed by atoms with van der Waals surface area (Å²) < 4.78 is 12.8. The normalized spacial score (nSPS) is 10.3. The third kappa shape index (κ3) is 2.94. The lowest BCUT2D eigenvalue weighted by Crippen LogP contribution is -2.24. The SMILES string of the molecule is CCN(Cc1cccc(N)c1)c1ncc(F)cn1. The van der Waals surface area contributed by atoms with E-state index in [-0.39, 0.29) is 0 Å². The van der Waals surface area contributed by atoms with Crippen molar-refractivity contribution in [2.45, 2.75) is 13.5 Å². The summed E-state index contributed by atoms with van der Waals surface area (Å²) in [4.78, 5) is 9.91. The van der Waals surface area contributed by atoms with Crippen LogP contribution in [-0.2, 0) is 6.54 Å². The van der Waals surface area contributed by atoms with Gasteiger partial charge in [-0.3, -0.25) is 0 Å². The van der Waals surface area contributed by atoms with Gasteiger partial charge in [0.1, 0.15) is 0 Å². The molecule has 94 valence electrons. The number of anilines is 2. The van der Waals surface area contributed by atoms with Crippen molar-refractivity contribution < 1.29 is 4.39 Å². The summed E-state index contributed by atoms with van der Waals surface area (Å²) in [7, 11) is 0. The standard InChI is InChI=1S/C13H15FN4/c1-2-18(13-16-7-11(14)8-17-13)9-10-4-3-5-12(15)6-10/h3-8H,2,9,15H2,1H3. The number of nitrogens with two attached hydrogens (primary N) is 1. The molecule has 2 aromatic rings. The molecule has 0 spiro atoms. The third-order valence-corrected chi connectivity index (χ3v) is 2.60. The number of nitrogen functional groups attached to an aromatic ring is 1. The first-order valence-electron chi connectivity index (χ1n) is 5.76. The number of hydrogen-bond acceptors (Lipinski definition) is 4. The molecule has 0 unspecified atom stereocenters. The highest BCUT2D eigenvalue weighted by Crippen LogP contribution is 2.13. The maximum atomic E-state index is 12.8. The van der Waals surface area contributed by atoms with Crippen LogP contribution in [0.15, 0.2) is 36.7 Å². The van der Waals surface area contributed by atoms with E-state index < -0.39 is 5.82 Å². The first kappa shape index (κ1) is 12.3. The Morgan fingerprint density at radius 3 is 2.61 bits per heavy atom. The number of nitrogens with zero attached hydrogens (tertiary/aromatic N) is 3. The average molecular weight is 246 g/mol. The summed E-state index contributed by atoms with van der Waals surface area (Å²) in [5.41, 5.74) is 7.53. The van der Waals surface area contributed by atoms with E-state index in [4.69, 9.17) is 5.73 Å². The molecule has 0 aliphatic rings. The van der Waals surface area contributed by atoms with Crippen LogP contribution in [0.3, 0.4) is 0 Å². The van der Waals surface area contributed by atoms with E-state index in [1.54, 1.807) is 0 Å². The van der Waals surface area contributed by atoms with Crippen LogP contribution in [0.5, 0.6) is 0 Å². The Hall–Kier alpha value is -2.17. The van der Waals surface area contributed by atoms with Gasteiger partial charge in [0.15, 0.2) is 5.82 Å². The molecular formula is C13H15FN4. The lowest BCUT2D eigenvalue weighted by molar-refractivity contribution is 0.611. The van der Waals surface area contributed by atoms with Crippen LogP contribution in [0.25, 0.3) is 0 Å². The first-order valence-corrected chi connectivity index (χ1v) is 5.76. The van der Waals surface area contributed by atoms with Gasteiger partial charge in [0, 0.05) is 18.8 Å². The predicted octanol–water partition coefficient (Wildman–Crippen LogP) is 2.22. The summed E-state index contributed by atoms with van der Waals surface area (Å²) in [6.07, 6.45) is 2.34. The molecule has 1 aromatic carbocycles. The first-order chi connectivity index (χ1) is 8.69. The zero-order valence-electron chi connectivity index (χ0n) is 10.2. The summed E-state index contributed by atoms with van der Waals surface area (Å²) in [5, 5.41) is 0.